The Kier molecular flexibility index (Phi) is 3.37. The summed E-state index contributed by atoms with van der Waals surface area (Å²) in [6.07, 6.45) is 0. The molecule has 0 saturated heterocycles. The van der Waals surface area contributed by atoms with Gasteiger partial charge in [0.25, 0.3) is 0 Å². The van der Waals surface area contributed by atoms with E-state index in [2.05, 4.69) is 0 Å². The maximum Gasteiger partial charge on any atom is 0.335 e. The summed E-state index contributed by atoms with van der Waals surface area (Å²) in [5, 5.41) is 9.36. The number of carboxylic acids is 1. The minimum Gasteiger partial charge on any atom is -0.493 e. The molecule has 0 spiro atoms. The maximum atomic E-state index is 12.7. The summed E-state index contributed by atoms with van der Waals surface area (Å²) < 4.78 is 10.9. The summed E-state index contributed by atoms with van der Waals surface area (Å²) in [6, 6.07) is 6.98. The fourth-order valence-electron chi connectivity index (χ4n) is 2.42. The van der Waals surface area contributed by atoms with E-state index < -0.39 is 11.4 Å². The van der Waals surface area contributed by atoms with Crippen LogP contribution in [0.2, 0.25) is 0 Å². The van der Waals surface area contributed by atoms with Gasteiger partial charge in [0, 0.05) is 5.56 Å². The number of carbonyl (C=O) groups is 2. The number of Topliss-reactive ketones (excluding diaryl/α,β-unsaturated/α-hetero) is 1. The normalized spacial score (nSPS) is 10.9. The van der Waals surface area contributed by atoms with Gasteiger partial charge in [-0.1, -0.05) is 0 Å². The van der Waals surface area contributed by atoms with Crippen LogP contribution < -0.4 is 10.2 Å². The van der Waals surface area contributed by atoms with Gasteiger partial charge in [0.2, 0.25) is 5.43 Å². The van der Waals surface area contributed by atoms with Gasteiger partial charge < -0.3 is 14.3 Å². The van der Waals surface area contributed by atoms with Gasteiger partial charge in [-0.15, -0.1) is 0 Å². The zero-order valence-corrected chi connectivity index (χ0v) is 12.4. The van der Waals surface area contributed by atoms with Crippen LogP contribution in [0.1, 0.15) is 27.6 Å². The number of carboxylic acid groups (broad SMARTS) is 1. The molecule has 3 rings (SSSR count). The lowest BCUT2D eigenvalue weighted by Gasteiger charge is -2.08. The Morgan fingerprint density at radius 3 is 2.39 bits per heavy atom. The molecule has 0 radical (unpaired) electrons. The van der Waals surface area contributed by atoms with Crippen molar-refractivity contribution in [3.05, 3.63) is 51.7 Å². The molecule has 6 heteroatoms. The standard InChI is InChI=1S/C17H12O6/c1-8(18)10-6-12-15(19)11-5-9(17(20)21)3-4-13(11)23-16(12)14(7-10)22-2/h3-7H,1-2H3,(H,20,21). The number of hydrogen-bond donors (Lipinski definition) is 1. The quantitative estimate of drug-likeness (QED) is 0.590. The summed E-state index contributed by atoms with van der Waals surface area (Å²) in [5.74, 6) is -1.08. The molecule has 116 valence electrons. The van der Waals surface area contributed by atoms with Crippen LogP contribution in [-0.4, -0.2) is 24.0 Å². The van der Waals surface area contributed by atoms with Crippen molar-refractivity contribution in [2.24, 2.45) is 0 Å². The number of fused-ring (bicyclic) bond motifs is 2. The summed E-state index contributed by atoms with van der Waals surface area (Å²) in [6.45, 7) is 1.38. The zero-order chi connectivity index (χ0) is 16.7. The number of benzene rings is 2. The number of ketones is 1. The van der Waals surface area contributed by atoms with Crippen molar-refractivity contribution < 1.29 is 23.8 Å². The molecule has 0 bridgehead atoms. The van der Waals surface area contributed by atoms with Crippen LogP contribution in [-0.2, 0) is 0 Å². The lowest BCUT2D eigenvalue weighted by atomic mass is 10.0. The third-order valence-electron chi connectivity index (χ3n) is 3.61. The van der Waals surface area contributed by atoms with Gasteiger partial charge >= 0.3 is 5.97 Å². The summed E-state index contributed by atoms with van der Waals surface area (Å²) >= 11 is 0. The van der Waals surface area contributed by atoms with E-state index in [-0.39, 0.29) is 39.0 Å². The van der Waals surface area contributed by atoms with Crippen LogP contribution >= 0.6 is 0 Å². The molecule has 0 atom stereocenters. The highest BCUT2D eigenvalue weighted by Crippen LogP contribution is 2.29. The molecule has 0 fully saturated rings. The van der Waals surface area contributed by atoms with Gasteiger partial charge in [-0.3, -0.25) is 9.59 Å². The molecule has 2 aromatic carbocycles. The van der Waals surface area contributed by atoms with E-state index in [9.17, 15) is 14.4 Å². The second-order valence-corrected chi connectivity index (χ2v) is 5.06. The fraction of sp³-hybridized carbons (Fsp3) is 0.118. The van der Waals surface area contributed by atoms with Gasteiger partial charge in [-0.2, -0.15) is 0 Å². The van der Waals surface area contributed by atoms with Crippen LogP contribution in [0.5, 0.6) is 5.75 Å². The predicted octanol–water partition coefficient (Wildman–Crippen LogP) is 2.86. The third kappa shape index (κ3) is 2.34. The molecule has 0 aliphatic rings. The van der Waals surface area contributed by atoms with Crippen LogP contribution in [0.3, 0.4) is 0 Å². The predicted molar refractivity (Wildman–Crippen MR) is 83.5 cm³/mol. The van der Waals surface area contributed by atoms with Crippen molar-refractivity contribution >= 4 is 33.7 Å². The van der Waals surface area contributed by atoms with Gasteiger partial charge in [0.05, 0.1) is 23.4 Å². The van der Waals surface area contributed by atoms with Crippen LogP contribution in [0, 0.1) is 0 Å². The second kappa shape index (κ2) is 5.24. The molecule has 23 heavy (non-hydrogen) atoms. The lowest BCUT2D eigenvalue weighted by Crippen LogP contribution is -2.06. The van der Waals surface area contributed by atoms with E-state index in [1.807, 2.05) is 0 Å². The summed E-state index contributed by atoms with van der Waals surface area (Å²) in [4.78, 5) is 35.4. The first kappa shape index (κ1) is 14.8. The number of methoxy groups -OCH3 is 1. The van der Waals surface area contributed by atoms with Gasteiger partial charge in [0.1, 0.15) is 5.58 Å². The molecule has 0 unspecified atom stereocenters. The van der Waals surface area contributed by atoms with Gasteiger partial charge in [-0.05, 0) is 37.3 Å². The van der Waals surface area contributed by atoms with Gasteiger partial charge in [-0.25, -0.2) is 4.79 Å². The lowest BCUT2D eigenvalue weighted by molar-refractivity contribution is 0.0697. The first-order chi connectivity index (χ1) is 10.9. The Morgan fingerprint density at radius 1 is 1.09 bits per heavy atom. The summed E-state index contributed by atoms with van der Waals surface area (Å²) in [7, 11) is 1.41. The average molecular weight is 312 g/mol. The van der Waals surface area contributed by atoms with E-state index in [0.717, 1.165) is 0 Å². The van der Waals surface area contributed by atoms with E-state index in [1.165, 1.54) is 44.4 Å². The molecular formula is C17H12O6. The maximum absolute atomic E-state index is 12.7. The number of rotatable bonds is 3. The smallest absolute Gasteiger partial charge is 0.335 e. The Balaban J connectivity index is 2.48. The monoisotopic (exact) mass is 312 g/mol. The Hall–Kier alpha value is -3.15. The van der Waals surface area contributed by atoms with Crippen LogP contribution in [0.4, 0.5) is 0 Å². The third-order valence-corrected chi connectivity index (χ3v) is 3.61. The molecule has 3 aromatic rings. The van der Waals surface area contributed by atoms with Gasteiger partial charge in [0.15, 0.2) is 17.1 Å². The highest BCUT2D eigenvalue weighted by Gasteiger charge is 2.16. The fourth-order valence-corrected chi connectivity index (χ4v) is 2.42. The topological polar surface area (TPSA) is 93.8 Å². The SMILES string of the molecule is COc1cc(C(C)=O)cc2c(=O)c3cc(C(=O)O)ccc3oc12. The molecule has 0 amide bonds. The van der Waals surface area contributed by atoms with Crippen molar-refractivity contribution in [3.8, 4) is 5.75 Å². The molecule has 1 heterocycles. The molecule has 1 aromatic heterocycles. The van der Waals surface area contributed by atoms with Crippen molar-refractivity contribution in [2.75, 3.05) is 7.11 Å². The largest absolute Gasteiger partial charge is 0.493 e. The van der Waals surface area contributed by atoms with Crippen molar-refractivity contribution in [3.63, 3.8) is 0 Å². The van der Waals surface area contributed by atoms with E-state index in [0.29, 0.717) is 5.56 Å². The Bertz CT molecular complexity index is 1030. The minimum atomic E-state index is -1.14. The van der Waals surface area contributed by atoms with Crippen molar-refractivity contribution in [1.29, 1.82) is 0 Å². The first-order valence-corrected chi connectivity index (χ1v) is 6.75. The highest BCUT2D eigenvalue weighted by atomic mass is 16.5. The van der Waals surface area contributed by atoms with Crippen LogP contribution in [0.15, 0.2) is 39.5 Å². The number of hydrogen-bond acceptors (Lipinski definition) is 5. The van der Waals surface area contributed by atoms with Crippen molar-refractivity contribution in [2.45, 2.75) is 6.92 Å². The van der Waals surface area contributed by atoms with E-state index in [1.54, 1.807) is 0 Å². The molecule has 0 aliphatic heterocycles. The first-order valence-electron chi connectivity index (χ1n) is 6.75. The molecule has 0 aliphatic carbocycles. The van der Waals surface area contributed by atoms with E-state index in [4.69, 9.17) is 14.3 Å². The van der Waals surface area contributed by atoms with E-state index >= 15 is 0 Å². The highest BCUT2D eigenvalue weighted by molar-refractivity contribution is 6.02. The number of ether oxygens (including phenoxy) is 1. The molecular weight excluding hydrogens is 300 g/mol. The molecule has 6 nitrogen and oxygen atoms in total. The molecule has 0 saturated carbocycles. The van der Waals surface area contributed by atoms with Crippen LogP contribution in [0.25, 0.3) is 21.9 Å². The zero-order valence-electron chi connectivity index (χ0n) is 12.4. The number of carbonyl (C=O) groups excluding carboxylic acids is 1. The second-order valence-electron chi connectivity index (χ2n) is 5.06. The molecule has 1 N–H and O–H groups in total. The minimum absolute atomic E-state index is 0.0150. The average Bonchev–Trinajstić information content (AvgIpc) is 2.53. The number of aromatic carboxylic acids is 1. The summed E-state index contributed by atoms with van der Waals surface area (Å²) in [5.41, 5.74) is 0.361. The van der Waals surface area contributed by atoms with Crippen molar-refractivity contribution in [1.82, 2.24) is 0 Å². The Labute approximate surface area is 129 Å². The Morgan fingerprint density at radius 2 is 1.78 bits per heavy atom.